The predicted octanol–water partition coefficient (Wildman–Crippen LogP) is 4.67. The number of Topliss-reactive ketones (excluding diaryl/α,β-unsaturated/α-hetero) is 1. The zero-order valence-electron chi connectivity index (χ0n) is 10.6. The molecule has 0 saturated heterocycles. The van der Waals surface area contributed by atoms with Crippen molar-refractivity contribution < 1.29 is 9.59 Å². The van der Waals surface area contributed by atoms with E-state index in [4.69, 9.17) is 0 Å². The molecule has 0 aliphatic rings. The Bertz CT molecular complexity index is 683. The summed E-state index contributed by atoms with van der Waals surface area (Å²) in [5, 5.41) is 2.78. The first-order valence-corrected chi connectivity index (χ1v) is 7.43. The molecule has 0 spiro atoms. The summed E-state index contributed by atoms with van der Waals surface area (Å²) in [6.07, 6.45) is 0. The monoisotopic (exact) mass is 395 g/mol. The van der Waals surface area contributed by atoms with Gasteiger partial charge in [0.1, 0.15) is 0 Å². The highest BCUT2D eigenvalue weighted by atomic mass is 79.9. The SMILES string of the molecule is CC(=O)c1cccc(NC(=O)c2cc(Br)ccc2Br)c1. The molecule has 0 bridgehead atoms. The number of carbonyl (C=O) groups is 2. The van der Waals surface area contributed by atoms with Crippen LogP contribution < -0.4 is 5.32 Å². The molecule has 3 nitrogen and oxygen atoms in total. The van der Waals surface area contributed by atoms with Crippen molar-refractivity contribution >= 4 is 49.2 Å². The second-order valence-electron chi connectivity index (χ2n) is 4.22. The maximum absolute atomic E-state index is 12.2. The summed E-state index contributed by atoms with van der Waals surface area (Å²) in [5.74, 6) is -0.274. The minimum atomic E-state index is -0.237. The van der Waals surface area contributed by atoms with Gasteiger partial charge in [-0.1, -0.05) is 28.1 Å². The van der Waals surface area contributed by atoms with Crippen LogP contribution in [0.5, 0.6) is 0 Å². The van der Waals surface area contributed by atoms with E-state index in [-0.39, 0.29) is 11.7 Å². The van der Waals surface area contributed by atoms with Crippen LogP contribution in [-0.2, 0) is 0 Å². The molecular weight excluding hydrogens is 386 g/mol. The van der Waals surface area contributed by atoms with Gasteiger partial charge >= 0.3 is 0 Å². The predicted molar refractivity (Wildman–Crippen MR) is 86.2 cm³/mol. The van der Waals surface area contributed by atoms with Gasteiger partial charge in [0.05, 0.1) is 5.56 Å². The third kappa shape index (κ3) is 3.55. The van der Waals surface area contributed by atoms with E-state index < -0.39 is 0 Å². The van der Waals surface area contributed by atoms with Crippen LogP contribution in [-0.4, -0.2) is 11.7 Å². The first-order valence-electron chi connectivity index (χ1n) is 5.85. The van der Waals surface area contributed by atoms with Crippen LogP contribution in [0.15, 0.2) is 51.4 Å². The number of nitrogens with one attached hydrogen (secondary N) is 1. The first kappa shape index (κ1) is 14.9. The van der Waals surface area contributed by atoms with Gasteiger partial charge in [0, 0.05) is 20.2 Å². The fourth-order valence-corrected chi connectivity index (χ4v) is 2.47. The van der Waals surface area contributed by atoms with Crippen molar-refractivity contribution in [3.8, 4) is 0 Å². The zero-order chi connectivity index (χ0) is 14.7. The minimum Gasteiger partial charge on any atom is -0.322 e. The van der Waals surface area contributed by atoms with Crippen molar-refractivity contribution in [2.75, 3.05) is 5.32 Å². The highest BCUT2D eigenvalue weighted by Crippen LogP contribution is 2.23. The molecule has 0 radical (unpaired) electrons. The van der Waals surface area contributed by atoms with Gasteiger partial charge in [-0.25, -0.2) is 0 Å². The van der Waals surface area contributed by atoms with Crippen molar-refractivity contribution in [3.05, 3.63) is 62.5 Å². The number of amides is 1. The van der Waals surface area contributed by atoms with Gasteiger partial charge in [-0.15, -0.1) is 0 Å². The Labute approximate surface area is 133 Å². The molecule has 2 aromatic carbocycles. The lowest BCUT2D eigenvalue weighted by Crippen LogP contribution is -2.13. The largest absolute Gasteiger partial charge is 0.322 e. The molecule has 1 amide bonds. The summed E-state index contributed by atoms with van der Waals surface area (Å²) >= 11 is 6.68. The fourth-order valence-electron chi connectivity index (χ4n) is 1.69. The number of carbonyl (C=O) groups excluding carboxylic acids is 2. The first-order chi connectivity index (χ1) is 9.47. The normalized spacial score (nSPS) is 10.2. The maximum Gasteiger partial charge on any atom is 0.256 e. The summed E-state index contributed by atoms with van der Waals surface area (Å²) in [6, 6.07) is 12.2. The molecule has 102 valence electrons. The Balaban J connectivity index is 2.25. The Morgan fingerprint density at radius 1 is 1.05 bits per heavy atom. The highest BCUT2D eigenvalue weighted by molar-refractivity contribution is 9.11. The molecule has 0 aliphatic carbocycles. The number of rotatable bonds is 3. The third-order valence-electron chi connectivity index (χ3n) is 2.70. The molecular formula is C15H11Br2NO2. The van der Waals surface area contributed by atoms with Crippen LogP contribution in [0.1, 0.15) is 27.6 Å². The number of anilines is 1. The number of benzene rings is 2. The van der Waals surface area contributed by atoms with E-state index in [1.165, 1.54) is 6.92 Å². The van der Waals surface area contributed by atoms with E-state index in [1.54, 1.807) is 36.4 Å². The van der Waals surface area contributed by atoms with Crippen LogP contribution in [0.25, 0.3) is 0 Å². The van der Waals surface area contributed by atoms with Gasteiger partial charge < -0.3 is 5.32 Å². The van der Waals surface area contributed by atoms with E-state index in [2.05, 4.69) is 37.2 Å². The van der Waals surface area contributed by atoms with Crippen molar-refractivity contribution in [2.24, 2.45) is 0 Å². The number of halogens is 2. The lowest BCUT2D eigenvalue weighted by molar-refractivity contribution is 0.101. The molecule has 0 heterocycles. The molecule has 0 aromatic heterocycles. The Kier molecular flexibility index (Phi) is 4.73. The summed E-state index contributed by atoms with van der Waals surface area (Å²) in [5.41, 5.74) is 1.68. The molecule has 0 atom stereocenters. The lowest BCUT2D eigenvalue weighted by atomic mass is 10.1. The Morgan fingerprint density at radius 3 is 2.50 bits per heavy atom. The number of hydrogen-bond acceptors (Lipinski definition) is 2. The smallest absolute Gasteiger partial charge is 0.256 e. The van der Waals surface area contributed by atoms with Crippen molar-refractivity contribution in [1.29, 1.82) is 0 Å². The standard InChI is InChI=1S/C15H11Br2NO2/c1-9(19)10-3-2-4-12(7-10)18-15(20)13-8-11(16)5-6-14(13)17/h2-8H,1H3,(H,18,20). The average molecular weight is 397 g/mol. The van der Waals surface area contributed by atoms with Crippen LogP contribution in [0.3, 0.4) is 0 Å². The second kappa shape index (κ2) is 6.33. The van der Waals surface area contributed by atoms with Crippen LogP contribution in [0.4, 0.5) is 5.69 Å². The molecule has 20 heavy (non-hydrogen) atoms. The summed E-state index contributed by atoms with van der Waals surface area (Å²) < 4.78 is 1.53. The van der Waals surface area contributed by atoms with Gasteiger partial charge in [0.25, 0.3) is 5.91 Å². The van der Waals surface area contributed by atoms with Gasteiger partial charge in [-0.05, 0) is 53.2 Å². The van der Waals surface area contributed by atoms with Gasteiger partial charge in [-0.3, -0.25) is 9.59 Å². The summed E-state index contributed by atoms with van der Waals surface area (Å²) in [7, 11) is 0. The summed E-state index contributed by atoms with van der Waals surface area (Å²) in [6.45, 7) is 1.49. The average Bonchev–Trinajstić information content (AvgIpc) is 2.41. The molecule has 2 rings (SSSR count). The zero-order valence-corrected chi connectivity index (χ0v) is 13.8. The topological polar surface area (TPSA) is 46.2 Å². The molecule has 2 aromatic rings. The van der Waals surface area contributed by atoms with Gasteiger partial charge in [0.15, 0.2) is 5.78 Å². The van der Waals surface area contributed by atoms with Gasteiger partial charge in [-0.2, -0.15) is 0 Å². The molecule has 0 aliphatic heterocycles. The number of ketones is 1. The Hall–Kier alpha value is -1.46. The van der Waals surface area contributed by atoms with Crippen LogP contribution >= 0.6 is 31.9 Å². The lowest BCUT2D eigenvalue weighted by Gasteiger charge is -2.08. The maximum atomic E-state index is 12.2. The van der Waals surface area contributed by atoms with E-state index in [0.717, 1.165) is 4.47 Å². The van der Waals surface area contributed by atoms with Gasteiger partial charge in [0.2, 0.25) is 0 Å². The molecule has 0 fully saturated rings. The summed E-state index contributed by atoms with van der Waals surface area (Å²) in [4.78, 5) is 23.5. The third-order valence-corrected chi connectivity index (χ3v) is 3.88. The quantitative estimate of drug-likeness (QED) is 0.766. The van der Waals surface area contributed by atoms with Crippen LogP contribution in [0.2, 0.25) is 0 Å². The molecule has 5 heteroatoms. The van der Waals surface area contributed by atoms with E-state index >= 15 is 0 Å². The van der Waals surface area contributed by atoms with E-state index in [1.807, 2.05) is 6.07 Å². The van der Waals surface area contributed by atoms with Crippen LogP contribution in [0, 0.1) is 0 Å². The Morgan fingerprint density at radius 2 is 1.80 bits per heavy atom. The highest BCUT2D eigenvalue weighted by Gasteiger charge is 2.11. The molecule has 0 unspecified atom stereocenters. The van der Waals surface area contributed by atoms with Crippen molar-refractivity contribution in [1.82, 2.24) is 0 Å². The van der Waals surface area contributed by atoms with Crippen molar-refractivity contribution in [2.45, 2.75) is 6.92 Å². The molecule has 1 N–H and O–H groups in total. The second-order valence-corrected chi connectivity index (χ2v) is 5.99. The minimum absolute atomic E-state index is 0.0373. The van der Waals surface area contributed by atoms with E-state index in [9.17, 15) is 9.59 Å². The fraction of sp³-hybridized carbons (Fsp3) is 0.0667. The van der Waals surface area contributed by atoms with Crippen molar-refractivity contribution in [3.63, 3.8) is 0 Å². The van der Waals surface area contributed by atoms with E-state index in [0.29, 0.717) is 21.3 Å². The number of hydrogen-bond donors (Lipinski definition) is 1. The molecule has 0 saturated carbocycles.